The van der Waals surface area contributed by atoms with Gasteiger partial charge in [0.15, 0.2) is 0 Å². The van der Waals surface area contributed by atoms with E-state index in [4.69, 9.17) is 47.4 Å². The Morgan fingerprint density at radius 1 is 0.580 bits per heavy atom. The number of benzene rings is 4. The summed E-state index contributed by atoms with van der Waals surface area (Å²) in [4.78, 5) is 12.2. The Morgan fingerprint density at radius 2 is 1.10 bits per heavy atom. The monoisotopic (exact) mass is 697 g/mol. The molecule has 1 aliphatic heterocycles. The van der Waals surface area contributed by atoms with Crippen LogP contribution in [-0.4, -0.2) is 137 Å². The molecule has 0 spiro atoms. The fourth-order valence-corrected chi connectivity index (χ4v) is 5.64. The maximum absolute atomic E-state index is 12.2. The van der Waals surface area contributed by atoms with Gasteiger partial charge in [0.1, 0.15) is 6.61 Å². The number of hydrogen-bond donors (Lipinski definition) is 1. The minimum atomic E-state index is -0.303. The number of carbonyl (C=O) groups excluding carboxylic acids is 1. The standard InChI is InChI=1S/C38H51NO11/c40-36(39-26-34-28-48-22-19-44-14-11-42-16-17-46-24-25-50-34)29-49-23-20-45-15-12-41-10-13-43-18-21-47-27-33-7-6-32-5-4-30-2-1-3-31-8-9-35(33)38(32)37(30)31/h1-9,34H,10-29H2,(H,39,40). The highest BCUT2D eigenvalue weighted by atomic mass is 16.6. The van der Waals surface area contributed by atoms with Crippen molar-refractivity contribution in [1.82, 2.24) is 5.32 Å². The van der Waals surface area contributed by atoms with Gasteiger partial charge in [0, 0.05) is 6.54 Å². The lowest BCUT2D eigenvalue weighted by molar-refractivity contribution is -0.127. The van der Waals surface area contributed by atoms with Crippen molar-refractivity contribution in [3.63, 3.8) is 0 Å². The van der Waals surface area contributed by atoms with E-state index >= 15 is 0 Å². The van der Waals surface area contributed by atoms with Crippen molar-refractivity contribution in [3.8, 4) is 0 Å². The maximum Gasteiger partial charge on any atom is 0.246 e. The fraction of sp³-hybridized carbons (Fsp3) is 0.553. The number of nitrogens with one attached hydrogen (secondary N) is 1. The molecule has 5 rings (SSSR count). The Hall–Kier alpha value is -3.01. The lowest BCUT2D eigenvalue weighted by Gasteiger charge is -2.19. The SMILES string of the molecule is O=C(COCCOCCOCCOCCOCc1ccc2ccc3cccc4ccc1c2c34)NCC1COCCOCCOCCOCCO1. The first-order valence-electron chi connectivity index (χ1n) is 17.5. The van der Waals surface area contributed by atoms with Crippen molar-refractivity contribution in [2.24, 2.45) is 0 Å². The summed E-state index contributed by atoms with van der Waals surface area (Å²) >= 11 is 0. The summed E-state index contributed by atoms with van der Waals surface area (Å²) in [5.41, 5.74) is 1.18. The number of amides is 1. The molecule has 0 saturated carbocycles. The van der Waals surface area contributed by atoms with Gasteiger partial charge in [-0.05, 0) is 37.9 Å². The molecule has 1 N–H and O–H groups in total. The molecule has 12 nitrogen and oxygen atoms in total. The highest BCUT2D eigenvalue weighted by molar-refractivity contribution is 6.23. The van der Waals surface area contributed by atoms with Crippen LogP contribution in [0.4, 0.5) is 0 Å². The van der Waals surface area contributed by atoms with Crippen LogP contribution in [0.15, 0.2) is 54.6 Å². The van der Waals surface area contributed by atoms with E-state index in [-0.39, 0.29) is 18.6 Å². The summed E-state index contributed by atoms with van der Waals surface area (Å²) < 4.78 is 55.9. The first-order valence-corrected chi connectivity index (χ1v) is 17.5. The van der Waals surface area contributed by atoms with Gasteiger partial charge in [0.25, 0.3) is 0 Å². The van der Waals surface area contributed by atoms with Crippen molar-refractivity contribution in [1.29, 1.82) is 0 Å². The third-order valence-electron chi connectivity index (χ3n) is 8.13. The lowest BCUT2D eigenvalue weighted by Crippen LogP contribution is -2.39. The van der Waals surface area contributed by atoms with E-state index in [2.05, 4.69) is 59.9 Å². The Kier molecular flexibility index (Phi) is 17.4. The molecule has 1 heterocycles. The number of hydrogen-bond acceptors (Lipinski definition) is 11. The van der Waals surface area contributed by atoms with Crippen LogP contribution in [0.25, 0.3) is 32.3 Å². The Labute approximate surface area is 293 Å². The third kappa shape index (κ3) is 13.0. The van der Waals surface area contributed by atoms with E-state index in [9.17, 15) is 4.79 Å². The third-order valence-corrected chi connectivity index (χ3v) is 8.13. The molecule has 4 aromatic rings. The topological polar surface area (TPSA) is 121 Å². The zero-order chi connectivity index (χ0) is 34.5. The van der Waals surface area contributed by atoms with E-state index in [1.54, 1.807) is 0 Å². The van der Waals surface area contributed by atoms with Gasteiger partial charge in [-0.1, -0.05) is 54.6 Å². The molecule has 50 heavy (non-hydrogen) atoms. The molecule has 0 aromatic heterocycles. The molecule has 0 aliphatic carbocycles. The number of ether oxygens (including phenoxy) is 10. The zero-order valence-corrected chi connectivity index (χ0v) is 28.9. The first-order chi connectivity index (χ1) is 24.8. The minimum absolute atomic E-state index is 0.0655. The average molecular weight is 698 g/mol. The van der Waals surface area contributed by atoms with Gasteiger partial charge in [-0.2, -0.15) is 0 Å². The summed E-state index contributed by atoms with van der Waals surface area (Å²) in [5, 5.41) is 10.5. The van der Waals surface area contributed by atoms with Crippen molar-refractivity contribution in [2.75, 3.05) is 125 Å². The molecule has 1 saturated heterocycles. The molecular formula is C38H51NO11. The van der Waals surface area contributed by atoms with Gasteiger partial charge in [-0.25, -0.2) is 0 Å². The molecule has 274 valence electrons. The van der Waals surface area contributed by atoms with E-state index in [0.29, 0.717) is 125 Å². The predicted octanol–water partition coefficient (Wildman–Crippen LogP) is 3.75. The van der Waals surface area contributed by atoms with Crippen LogP contribution in [-0.2, 0) is 58.8 Å². The summed E-state index contributed by atoms with van der Waals surface area (Å²) in [5.74, 6) is -0.234. The van der Waals surface area contributed by atoms with Crippen LogP contribution >= 0.6 is 0 Å². The van der Waals surface area contributed by atoms with Crippen LogP contribution in [0.1, 0.15) is 5.56 Å². The van der Waals surface area contributed by atoms with Gasteiger partial charge in [0.2, 0.25) is 5.91 Å². The van der Waals surface area contributed by atoms with Crippen molar-refractivity contribution in [2.45, 2.75) is 12.7 Å². The molecule has 0 bridgehead atoms. The fourth-order valence-electron chi connectivity index (χ4n) is 5.64. The van der Waals surface area contributed by atoms with Crippen LogP contribution in [0.5, 0.6) is 0 Å². The van der Waals surface area contributed by atoms with Gasteiger partial charge < -0.3 is 52.7 Å². The smallest absolute Gasteiger partial charge is 0.246 e. The normalized spacial score (nSPS) is 17.2. The summed E-state index contributed by atoms with van der Waals surface area (Å²) in [6, 6.07) is 19.6. The second-order valence-electron chi connectivity index (χ2n) is 11.7. The van der Waals surface area contributed by atoms with Crippen molar-refractivity contribution < 1.29 is 52.2 Å². The molecule has 1 atom stereocenters. The quantitative estimate of drug-likeness (QED) is 0.121. The second-order valence-corrected chi connectivity index (χ2v) is 11.7. The van der Waals surface area contributed by atoms with E-state index in [1.807, 2.05) is 0 Å². The van der Waals surface area contributed by atoms with Crippen LogP contribution in [0, 0.1) is 0 Å². The lowest BCUT2D eigenvalue weighted by atomic mass is 9.92. The minimum Gasteiger partial charge on any atom is -0.377 e. The highest BCUT2D eigenvalue weighted by Gasteiger charge is 2.13. The van der Waals surface area contributed by atoms with Crippen LogP contribution in [0.2, 0.25) is 0 Å². The summed E-state index contributed by atoms with van der Waals surface area (Å²) in [7, 11) is 0. The second kappa shape index (κ2) is 22.7. The largest absolute Gasteiger partial charge is 0.377 e. The molecule has 0 radical (unpaired) electrons. The Morgan fingerprint density at radius 3 is 1.76 bits per heavy atom. The number of carbonyl (C=O) groups is 1. The summed E-state index contributed by atoms with van der Waals surface area (Å²) in [6.07, 6.45) is -0.303. The van der Waals surface area contributed by atoms with E-state index < -0.39 is 0 Å². The van der Waals surface area contributed by atoms with Crippen molar-refractivity contribution >= 4 is 38.2 Å². The van der Waals surface area contributed by atoms with Gasteiger partial charge >= 0.3 is 0 Å². The van der Waals surface area contributed by atoms with Crippen LogP contribution in [0.3, 0.4) is 0 Å². The first kappa shape index (κ1) is 38.2. The Balaban J connectivity index is 0.827. The van der Waals surface area contributed by atoms with Crippen molar-refractivity contribution in [3.05, 3.63) is 60.2 Å². The van der Waals surface area contributed by atoms with Gasteiger partial charge in [-0.15, -0.1) is 0 Å². The average Bonchev–Trinajstić information content (AvgIpc) is 3.15. The summed E-state index contributed by atoms with van der Waals surface area (Å²) in [6.45, 7) is 8.39. The Bertz CT molecular complexity index is 1490. The highest BCUT2D eigenvalue weighted by Crippen LogP contribution is 2.36. The maximum atomic E-state index is 12.2. The molecule has 1 amide bonds. The molecule has 1 unspecified atom stereocenters. The molecule has 1 fully saturated rings. The van der Waals surface area contributed by atoms with E-state index in [1.165, 1.54) is 37.9 Å². The molecular weight excluding hydrogens is 646 g/mol. The molecule has 4 aromatic carbocycles. The van der Waals surface area contributed by atoms with E-state index in [0.717, 1.165) is 0 Å². The zero-order valence-electron chi connectivity index (χ0n) is 28.9. The van der Waals surface area contributed by atoms with Gasteiger partial charge in [-0.3, -0.25) is 4.79 Å². The number of rotatable bonds is 18. The van der Waals surface area contributed by atoms with Crippen LogP contribution < -0.4 is 5.32 Å². The van der Waals surface area contributed by atoms with Gasteiger partial charge in [0.05, 0.1) is 125 Å². The molecule has 12 heteroatoms. The molecule has 1 aliphatic rings. The predicted molar refractivity (Wildman–Crippen MR) is 189 cm³/mol.